The van der Waals surface area contributed by atoms with Gasteiger partial charge >= 0.3 is 0 Å². The highest BCUT2D eigenvalue weighted by molar-refractivity contribution is 7.98. The van der Waals surface area contributed by atoms with Crippen molar-refractivity contribution in [2.45, 2.75) is 141 Å². The van der Waals surface area contributed by atoms with Crippen LogP contribution in [-0.2, 0) is 49.6 Å². The zero-order valence-corrected chi connectivity index (χ0v) is 46.3. The van der Waals surface area contributed by atoms with Crippen LogP contribution in [0.1, 0.15) is 91.5 Å². The second kappa shape index (κ2) is 35.5. The molecule has 1 aliphatic heterocycles. The Kier molecular flexibility index (Phi) is 30.9. The molecule has 426 valence electrons. The summed E-state index contributed by atoms with van der Waals surface area (Å²) in [7, 11) is 0. The van der Waals surface area contributed by atoms with Crippen molar-refractivity contribution in [3.05, 3.63) is 29.8 Å². The molecule has 1 fully saturated rings. The van der Waals surface area contributed by atoms with Crippen molar-refractivity contribution in [3.8, 4) is 5.75 Å². The number of thiol groups is 1. The molecule has 27 heteroatoms. The molecule has 0 aliphatic carbocycles. The molecule has 0 aromatic heterocycles. The van der Waals surface area contributed by atoms with Gasteiger partial charge in [0.15, 0.2) is 23.5 Å². The van der Waals surface area contributed by atoms with Gasteiger partial charge in [-0.15, -0.1) is 0 Å². The Morgan fingerprint density at radius 2 is 1.34 bits per heavy atom. The monoisotopic (exact) mass is 1110 g/mol. The van der Waals surface area contributed by atoms with E-state index in [1.807, 2.05) is 20.1 Å². The first kappa shape index (κ1) is 66.2. The average molecular weight is 1110 g/mol. The van der Waals surface area contributed by atoms with E-state index in [0.717, 1.165) is 0 Å². The number of carbonyl (C=O) groups is 9. The predicted octanol–water partition coefficient (Wildman–Crippen LogP) is -2.18. The van der Waals surface area contributed by atoms with E-state index in [2.05, 4.69) is 65.5 Å². The number of rotatable bonds is 38. The first-order chi connectivity index (χ1) is 36.0. The maximum Gasteiger partial charge on any atom is 0.243 e. The fourth-order valence-corrected chi connectivity index (χ4v) is 8.78. The van der Waals surface area contributed by atoms with Crippen LogP contribution in [-0.4, -0.2) is 168 Å². The molecule has 1 saturated heterocycles. The minimum atomic E-state index is -1.26. The fraction of sp³-hybridized carbons (Fsp3) is 0.653. The number of carbonyl (C=O) groups excluding carboxylic acids is 9. The number of thioether (sulfide) groups is 1. The largest absolute Gasteiger partial charge is 0.508 e. The number of ketones is 2. The van der Waals surface area contributed by atoms with E-state index >= 15 is 0 Å². The number of phenolic OH excluding ortho intramolecular Hbond substituents is 1. The van der Waals surface area contributed by atoms with Crippen LogP contribution < -0.4 is 65.8 Å². The first-order valence-electron chi connectivity index (χ1n) is 25.5. The zero-order chi connectivity index (χ0) is 56.9. The Hall–Kier alpha value is -5.87. The van der Waals surface area contributed by atoms with Crippen molar-refractivity contribution in [1.82, 2.24) is 47.9 Å². The molecule has 1 heterocycles. The highest BCUT2D eigenvalue weighted by Crippen LogP contribution is 2.22. The summed E-state index contributed by atoms with van der Waals surface area (Å²) in [5, 5.41) is 25.1. The van der Waals surface area contributed by atoms with Crippen LogP contribution in [0.3, 0.4) is 0 Å². The number of guanidine groups is 2. The molecule has 0 saturated carbocycles. The Morgan fingerprint density at radius 3 is 1.91 bits per heavy atom. The number of hydrogen-bond donors (Lipinski definition) is 14. The molecule has 1 aromatic carbocycles. The molecule has 76 heavy (non-hydrogen) atoms. The Bertz CT molecular complexity index is 2110. The number of nitrogens with one attached hydrogen (secondary N) is 8. The van der Waals surface area contributed by atoms with Crippen molar-refractivity contribution in [2.24, 2.45) is 50.7 Å². The van der Waals surface area contributed by atoms with E-state index < -0.39 is 95.4 Å². The minimum absolute atomic E-state index is 0.00463. The summed E-state index contributed by atoms with van der Waals surface area (Å²) in [6.07, 6.45) is 5.66. The lowest BCUT2D eigenvalue weighted by molar-refractivity contribution is -0.139. The minimum Gasteiger partial charge on any atom is -0.508 e. The van der Waals surface area contributed by atoms with E-state index in [1.54, 1.807) is 31.0 Å². The lowest BCUT2D eigenvalue weighted by atomic mass is 9.91. The summed E-state index contributed by atoms with van der Waals surface area (Å²) in [4.78, 5) is 128. The van der Waals surface area contributed by atoms with Gasteiger partial charge in [0.05, 0.1) is 36.6 Å². The van der Waals surface area contributed by atoms with Crippen LogP contribution >= 0.6 is 24.4 Å². The van der Waals surface area contributed by atoms with Crippen LogP contribution in [0, 0.1) is 17.8 Å². The second-order valence-corrected chi connectivity index (χ2v) is 20.7. The molecular weight excluding hydrogens is 1020 g/mol. The Morgan fingerprint density at radius 1 is 0.763 bits per heavy atom. The fourth-order valence-electron chi connectivity index (χ4n) is 8.04. The molecule has 5 amide bonds. The highest BCUT2D eigenvalue weighted by atomic mass is 32.2. The van der Waals surface area contributed by atoms with Crippen molar-refractivity contribution >= 4 is 90.0 Å². The van der Waals surface area contributed by atoms with Gasteiger partial charge in [-0.3, -0.25) is 43.5 Å². The topological polar surface area (TPSA) is 402 Å². The van der Waals surface area contributed by atoms with Gasteiger partial charge in [0.2, 0.25) is 29.5 Å². The summed E-state index contributed by atoms with van der Waals surface area (Å²) >= 11 is 5.79. The third-order valence-corrected chi connectivity index (χ3v) is 13.3. The third-order valence-electron chi connectivity index (χ3n) is 12.3. The van der Waals surface area contributed by atoms with E-state index in [-0.39, 0.29) is 74.0 Å². The normalized spacial score (nSPS) is 16.6. The van der Waals surface area contributed by atoms with Crippen molar-refractivity contribution in [3.63, 3.8) is 0 Å². The standard InChI is InChI=1S/C49H83N15O10S2/c1-28(2)22-36(57-41(68)24-56-62-32(25-65)10-7-18-54-48(50)51)46(73)58-34(17-21-76-6)44(71)61-39(27-75)42(69)30(5)43(70)40-12-9-20-64(40)63-35(11-8-19-55-49(52)53)45(72)59-37(23-31-13-15-33(67)16-14-31)47(74)60-38(26-66)29(3)4/h13-16,25-26,28-30,32,34-40,56,62-63,67,75H,7-12,17-24,27H2,1-6H3,(H,57,68)(H,58,73)(H,59,72)(H,60,74)(H,61,71)(H4,50,51,54)(H4,52,53,55)/t30?,32-,34-,35-,36-,37-,38+,39-,40-/m0/s1. The lowest BCUT2D eigenvalue weighted by Gasteiger charge is -2.32. The van der Waals surface area contributed by atoms with E-state index in [9.17, 15) is 48.3 Å². The molecular formula is C49H83N15O10S2. The predicted molar refractivity (Wildman–Crippen MR) is 295 cm³/mol. The van der Waals surface area contributed by atoms with Gasteiger partial charge in [-0.25, -0.2) is 21.3 Å². The number of aliphatic imine (C=N–C) groups is 2. The van der Waals surface area contributed by atoms with Crippen LogP contribution in [0.25, 0.3) is 0 Å². The molecule has 1 aromatic rings. The highest BCUT2D eigenvalue weighted by Gasteiger charge is 2.40. The van der Waals surface area contributed by atoms with Gasteiger partial charge < -0.3 is 64.2 Å². The molecule has 0 spiro atoms. The Balaban J connectivity index is 2.25. The molecule has 9 atom stereocenters. The van der Waals surface area contributed by atoms with Gasteiger partial charge in [-0.1, -0.05) is 39.8 Å². The summed E-state index contributed by atoms with van der Waals surface area (Å²) < 4.78 is 0. The van der Waals surface area contributed by atoms with Crippen LogP contribution in [0.4, 0.5) is 0 Å². The number of nitrogens with zero attached hydrogens (tertiary/aromatic N) is 3. The van der Waals surface area contributed by atoms with Crippen LogP contribution in [0.5, 0.6) is 5.75 Å². The molecule has 25 nitrogen and oxygen atoms in total. The summed E-state index contributed by atoms with van der Waals surface area (Å²) in [6, 6.07) is -1.93. The smallest absolute Gasteiger partial charge is 0.243 e. The van der Waals surface area contributed by atoms with Crippen LogP contribution in [0.15, 0.2) is 34.3 Å². The Labute approximate surface area is 455 Å². The number of aldehydes is 2. The average Bonchev–Trinajstić information content (AvgIpc) is 3.84. The van der Waals surface area contributed by atoms with Crippen molar-refractivity contribution in [2.75, 3.05) is 43.9 Å². The SMILES string of the molecule is CSCC[C@H](NC(=O)[C@H](CC(C)C)NC(=O)CNN[C@H](C=O)CCCN=C(N)N)C(=O)N[C@@H](CS)C(=O)C(C)C(=O)[C@@H]1CCCN1N[C@@H](CCCN=C(N)N)C(=O)N[C@@H](Cc1ccc(O)cc1)C(=O)N[C@H](C=O)C(C)C. The number of nitrogens with two attached hydrogens (primary N) is 4. The maximum absolute atomic E-state index is 14.3. The number of phenols is 1. The number of Topliss-reactive ketones (excluding diaryl/α,β-unsaturated/α-hetero) is 2. The zero-order valence-electron chi connectivity index (χ0n) is 44.5. The quantitative estimate of drug-likeness (QED) is 0.00637. The van der Waals surface area contributed by atoms with Gasteiger partial charge in [-0.2, -0.15) is 24.4 Å². The van der Waals surface area contributed by atoms with E-state index in [0.29, 0.717) is 69.1 Å². The molecule has 1 unspecified atom stereocenters. The number of amides is 5. The van der Waals surface area contributed by atoms with Gasteiger partial charge in [0, 0.05) is 31.8 Å². The molecule has 17 N–H and O–H groups in total. The summed E-state index contributed by atoms with van der Waals surface area (Å²) in [5.74, 6) is -5.75. The van der Waals surface area contributed by atoms with Gasteiger partial charge in [-0.05, 0) is 99.8 Å². The van der Waals surface area contributed by atoms with E-state index in [1.165, 1.54) is 30.8 Å². The third kappa shape index (κ3) is 24.4. The van der Waals surface area contributed by atoms with Gasteiger partial charge in [0.1, 0.15) is 42.5 Å². The second-order valence-electron chi connectivity index (χ2n) is 19.4. The maximum atomic E-state index is 14.3. The van der Waals surface area contributed by atoms with Crippen molar-refractivity contribution in [1.29, 1.82) is 0 Å². The summed E-state index contributed by atoms with van der Waals surface area (Å²) in [5.41, 5.74) is 31.0. The van der Waals surface area contributed by atoms with Gasteiger partial charge in [0.25, 0.3) is 0 Å². The van der Waals surface area contributed by atoms with Crippen molar-refractivity contribution < 1.29 is 48.3 Å². The number of benzene rings is 1. The first-order valence-corrected chi connectivity index (χ1v) is 27.6. The molecule has 2 rings (SSSR count). The molecule has 1 aliphatic rings. The van der Waals surface area contributed by atoms with E-state index in [4.69, 9.17) is 22.9 Å². The summed E-state index contributed by atoms with van der Waals surface area (Å²) in [6.45, 7) is 9.18. The van der Waals surface area contributed by atoms with Crippen LogP contribution in [0.2, 0.25) is 0 Å². The number of hydrogen-bond acceptors (Lipinski definition) is 18. The molecule has 0 bridgehead atoms. The molecule has 0 radical (unpaired) electrons. The number of hydrazine groups is 2. The lowest BCUT2D eigenvalue weighted by Crippen LogP contribution is -2.60. The number of aromatic hydroxyl groups is 1.